The first-order valence-electron chi connectivity index (χ1n) is 3.30. The molecule has 0 radical (unpaired) electrons. The predicted molar refractivity (Wildman–Crippen MR) is 34.1 cm³/mol. The molecule has 0 saturated heterocycles. The van der Waals surface area contributed by atoms with Gasteiger partial charge in [0.1, 0.15) is 5.60 Å². The SMILES string of the molecule is Cn1nncc1C1(O)CC1. The van der Waals surface area contributed by atoms with Gasteiger partial charge in [-0.1, -0.05) is 5.21 Å². The number of aromatic nitrogens is 3. The molecule has 1 aromatic rings. The highest BCUT2D eigenvalue weighted by Gasteiger charge is 2.44. The molecule has 1 saturated carbocycles. The van der Waals surface area contributed by atoms with E-state index in [9.17, 15) is 5.11 Å². The van der Waals surface area contributed by atoms with Gasteiger partial charge >= 0.3 is 0 Å². The van der Waals surface area contributed by atoms with Crippen molar-refractivity contribution in [3.63, 3.8) is 0 Å². The Morgan fingerprint density at radius 2 is 2.40 bits per heavy atom. The fraction of sp³-hybridized carbons (Fsp3) is 0.667. The third-order valence-corrected chi connectivity index (χ3v) is 1.91. The van der Waals surface area contributed by atoms with E-state index < -0.39 is 5.60 Å². The molecule has 1 heterocycles. The smallest absolute Gasteiger partial charge is 0.108 e. The minimum Gasteiger partial charge on any atom is -0.384 e. The van der Waals surface area contributed by atoms with Gasteiger partial charge in [-0.2, -0.15) is 0 Å². The van der Waals surface area contributed by atoms with Crippen molar-refractivity contribution in [3.8, 4) is 0 Å². The zero-order chi connectivity index (χ0) is 7.19. The summed E-state index contributed by atoms with van der Waals surface area (Å²) in [5, 5.41) is 17.0. The zero-order valence-corrected chi connectivity index (χ0v) is 5.78. The lowest BCUT2D eigenvalue weighted by Gasteiger charge is -2.04. The first-order valence-corrected chi connectivity index (χ1v) is 3.30. The van der Waals surface area contributed by atoms with Crippen LogP contribution in [0.4, 0.5) is 0 Å². The standard InChI is InChI=1S/C6H9N3O/c1-9-5(4-7-8-9)6(10)2-3-6/h4,10H,2-3H2,1H3. The van der Waals surface area contributed by atoms with E-state index in [1.54, 1.807) is 17.9 Å². The summed E-state index contributed by atoms with van der Waals surface area (Å²) in [6, 6.07) is 0. The highest BCUT2D eigenvalue weighted by molar-refractivity contribution is 5.15. The summed E-state index contributed by atoms with van der Waals surface area (Å²) in [4.78, 5) is 0. The van der Waals surface area contributed by atoms with Crippen LogP contribution in [0.25, 0.3) is 0 Å². The summed E-state index contributed by atoms with van der Waals surface area (Å²) < 4.78 is 1.62. The van der Waals surface area contributed by atoms with E-state index >= 15 is 0 Å². The molecule has 4 nitrogen and oxygen atoms in total. The van der Waals surface area contributed by atoms with Crippen LogP contribution in [0.15, 0.2) is 6.20 Å². The molecule has 1 aromatic heterocycles. The van der Waals surface area contributed by atoms with Crippen LogP contribution in [-0.4, -0.2) is 20.1 Å². The fourth-order valence-electron chi connectivity index (χ4n) is 1.09. The number of hydrogen-bond donors (Lipinski definition) is 1. The van der Waals surface area contributed by atoms with Crippen molar-refractivity contribution in [2.45, 2.75) is 18.4 Å². The van der Waals surface area contributed by atoms with Crippen molar-refractivity contribution in [3.05, 3.63) is 11.9 Å². The second-order valence-electron chi connectivity index (χ2n) is 2.77. The van der Waals surface area contributed by atoms with Gasteiger partial charge in [-0.25, -0.2) is 4.68 Å². The average molecular weight is 139 g/mol. The summed E-state index contributed by atoms with van der Waals surface area (Å²) in [6.45, 7) is 0. The van der Waals surface area contributed by atoms with Gasteiger partial charge in [-0.05, 0) is 12.8 Å². The van der Waals surface area contributed by atoms with Crippen LogP contribution < -0.4 is 0 Å². The molecule has 4 heteroatoms. The van der Waals surface area contributed by atoms with E-state index in [0.717, 1.165) is 18.5 Å². The van der Waals surface area contributed by atoms with Crippen molar-refractivity contribution >= 4 is 0 Å². The van der Waals surface area contributed by atoms with Crippen molar-refractivity contribution in [1.82, 2.24) is 15.0 Å². The summed E-state index contributed by atoms with van der Waals surface area (Å²) in [5.41, 5.74) is 0.227. The van der Waals surface area contributed by atoms with Crippen LogP contribution in [0.3, 0.4) is 0 Å². The molecule has 0 unspecified atom stereocenters. The molecule has 0 bridgehead atoms. The number of hydrogen-bond acceptors (Lipinski definition) is 3. The Morgan fingerprint density at radius 1 is 1.70 bits per heavy atom. The summed E-state index contributed by atoms with van der Waals surface area (Å²) in [5.74, 6) is 0. The molecule has 0 aliphatic heterocycles. The van der Waals surface area contributed by atoms with Crippen molar-refractivity contribution in [1.29, 1.82) is 0 Å². The first-order chi connectivity index (χ1) is 4.72. The lowest BCUT2D eigenvalue weighted by Crippen LogP contribution is -2.10. The maximum absolute atomic E-state index is 9.57. The van der Waals surface area contributed by atoms with Crippen LogP contribution in [-0.2, 0) is 12.6 Å². The van der Waals surface area contributed by atoms with Crippen molar-refractivity contribution < 1.29 is 5.11 Å². The molecule has 54 valence electrons. The number of nitrogens with zero attached hydrogens (tertiary/aromatic N) is 3. The van der Waals surface area contributed by atoms with Gasteiger partial charge in [0.05, 0.1) is 11.9 Å². The molecule has 1 aliphatic rings. The van der Waals surface area contributed by atoms with Crippen LogP contribution in [0.1, 0.15) is 18.5 Å². The van der Waals surface area contributed by atoms with Gasteiger partial charge < -0.3 is 5.11 Å². The Hall–Kier alpha value is -0.900. The molecule has 0 amide bonds. The highest BCUT2D eigenvalue weighted by Crippen LogP contribution is 2.44. The van der Waals surface area contributed by atoms with Gasteiger partial charge in [-0.3, -0.25) is 0 Å². The predicted octanol–water partition coefficient (Wildman–Crippen LogP) is -0.204. The Balaban J connectivity index is 2.42. The average Bonchev–Trinajstić information content (AvgIpc) is 2.44. The molecule has 1 N–H and O–H groups in total. The summed E-state index contributed by atoms with van der Waals surface area (Å²) in [6.07, 6.45) is 3.30. The third kappa shape index (κ3) is 0.654. The molecular weight excluding hydrogens is 130 g/mol. The van der Waals surface area contributed by atoms with Gasteiger partial charge in [-0.15, -0.1) is 5.10 Å². The monoisotopic (exact) mass is 139 g/mol. The minimum absolute atomic E-state index is 0.599. The molecule has 0 atom stereocenters. The van der Waals surface area contributed by atoms with E-state index in [1.807, 2.05) is 0 Å². The largest absolute Gasteiger partial charge is 0.384 e. The van der Waals surface area contributed by atoms with E-state index in [4.69, 9.17) is 0 Å². The first kappa shape index (κ1) is 5.85. The van der Waals surface area contributed by atoms with Crippen molar-refractivity contribution in [2.75, 3.05) is 0 Å². The Bertz CT molecular complexity index is 251. The summed E-state index contributed by atoms with van der Waals surface area (Å²) in [7, 11) is 1.79. The number of aliphatic hydroxyl groups is 1. The lowest BCUT2D eigenvalue weighted by molar-refractivity contribution is 0.141. The van der Waals surface area contributed by atoms with Gasteiger partial charge in [0.2, 0.25) is 0 Å². The fourth-order valence-corrected chi connectivity index (χ4v) is 1.09. The van der Waals surface area contributed by atoms with Crippen LogP contribution in [0.5, 0.6) is 0 Å². The minimum atomic E-state index is -0.599. The Morgan fingerprint density at radius 3 is 2.80 bits per heavy atom. The lowest BCUT2D eigenvalue weighted by atomic mass is 10.2. The molecule has 2 rings (SSSR count). The second-order valence-corrected chi connectivity index (χ2v) is 2.77. The zero-order valence-electron chi connectivity index (χ0n) is 5.78. The number of aryl methyl sites for hydroxylation is 1. The third-order valence-electron chi connectivity index (χ3n) is 1.91. The van der Waals surface area contributed by atoms with E-state index in [0.29, 0.717) is 0 Å². The normalized spacial score (nSPS) is 21.0. The molecule has 10 heavy (non-hydrogen) atoms. The van der Waals surface area contributed by atoms with Crippen LogP contribution in [0.2, 0.25) is 0 Å². The number of rotatable bonds is 1. The van der Waals surface area contributed by atoms with E-state index in [1.165, 1.54) is 0 Å². The molecule has 1 fully saturated rings. The maximum Gasteiger partial charge on any atom is 0.108 e. The van der Waals surface area contributed by atoms with Gasteiger partial charge in [0.15, 0.2) is 0 Å². The van der Waals surface area contributed by atoms with E-state index in [-0.39, 0.29) is 0 Å². The van der Waals surface area contributed by atoms with Gasteiger partial charge in [0, 0.05) is 7.05 Å². The molecule has 0 aromatic carbocycles. The molecular formula is C6H9N3O. The van der Waals surface area contributed by atoms with E-state index in [2.05, 4.69) is 10.3 Å². The highest BCUT2D eigenvalue weighted by atomic mass is 16.3. The van der Waals surface area contributed by atoms with Crippen LogP contribution in [0, 0.1) is 0 Å². The summed E-state index contributed by atoms with van der Waals surface area (Å²) >= 11 is 0. The Labute approximate surface area is 58.5 Å². The maximum atomic E-state index is 9.57. The van der Waals surface area contributed by atoms with Crippen LogP contribution >= 0.6 is 0 Å². The second kappa shape index (κ2) is 1.58. The quantitative estimate of drug-likeness (QED) is 0.586. The molecule has 1 aliphatic carbocycles. The topological polar surface area (TPSA) is 50.9 Å². The molecule has 0 spiro atoms. The Kier molecular flexibility index (Phi) is 0.922. The van der Waals surface area contributed by atoms with Crippen molar-refractivity contribution in [2.24, 2.45) is 7.05 Å². The van der Waals surface area contributed by atoms with Gasteiger partial charge in [0.25, 0.3) is 0 Å².